The van der Waals surface area contributed by atoms with Crippen LogP contribution in [0.3, 0.4) is 0 Å². The number of aliphatic hydroxyl groups excluding tert-OH is 7. The molecule has 0 bridgehead atoms. The van der Waals surface area contributed by atoms with Crippen LogP contribution < -0.4 is 0 Å². The van der Waals surface area contributed by atoms with Gasteiger partial charge in [-0.1, -0.05) is 0 Å². The van der Waals surface area contributed by atoms with Crippen molar-refractivity contribution in [2.45, 2.75) is 86.3 Å². The summed E-state index contributed by atoms with van der Waals surface area (Å²) < 4.78 is 32.4. The molecule has 15 heteroatoms. The van der Waals surface area contributed by atoms with Crippen molar-refractivity contribution in [3.8, 4) is 0 Å². The lowest BCUT2D eigenvalue weighted by atomic mass is 9.97. The summed E-state index contributed by atoms with van der Waals surface area (Å²) in [5, 5.41) is 78.9. The number of carbonyl (C=O) groups is 1. The minimum Gasteiger partial charge on any atom is -0.479 e. The highest BCUT2D eigenvalue weighted by atomic mass is 16.8. The van der Waals surface area contributed by atoms with Crippen LogP contribution in [0, 0.1) is 0 Å². The van der Waals surface area contributed by atoms with Gasteiger partial charge >= 0.3 is 5.97 Å². The highest BCUT2D eigenvalue weighted by Crippen LogP contribution is 2.33. The molecular weight excluding hydrogens is 456 g/mol. The van der Waals surface area contributed by atoms with Crippen LogP contribution in [0.4, 0.5) is 0 Å². The van der Waals surface area contributed by atoms with E-state index in [1.165, 1.54) is 0 Å². The maximum absolute atomic E-state index is 11.6. The van der Waals surface area contributed by atoms with Crippen molar-refractivity contribution < 1.29 is 74.1 Å². The molecule has 3 aliphatic rings. The molecule has 0 aromatic carbocycles. The van der Waals surface area contributed by atoms with Crippen molar-refractivity contribution in [2.75, 3.05) is 20.3 Å². The van der Waals surface area contributed by atoms with Gasteiger partial charge in [0.15, 0.2) is 25.0 Å². The SMILES string of the molecule is CO[C@@H]1O[C@H](C(=O)O)[C@@H](O)C(O[C@H]2CC(O)[C@H](CO)O2)C1O[C@@H]1OC(CO)[C@H](O)C(O)C1O. The standard InChI is InChI=1S/C18H30O15/c1-28-18-15(33-17-11(24)10(23)9(22)7(4-20)30-17)13(12(25)14(32-18)16(26)27)31-8-2-5(21)6(3-19)29-8/h5-15,17-25H,2-4H2,1H3,(H,26,27)/t5?,6-,7?,8-,9-,10?,11?,12-,13?,14-,15?,17-,18+/m0/s1. The topological polar surface area (TPSA) is 234 Å². The molecule has 6 unspecified atom stereocenters. The van der Waals surface area contributed by atoms with Gasteiger partial charge in [-0.2, -0.15) is 0 Å². The molecule has 8 N–H and O–H groups in total. The van der Waals surface area contributed by atoms with Crippen LogP contribution in [-0.4, -0.2) is 147 Å². The van der Waals surface area contributed by atoms with E-state index in [0.29, 0.717) is 0 Å². The molecule has 3 saturated heterocycles. The summed E-state index contributed by atoms with van der Waals surface area (Å²) >= 11 is 0. The Bertz CT molecular complexity index is 648. The van der Waals surface area contributed by atoms with Crippen molar-refractivity contribution in [3.63, 3.8) is 0 Å². The second-order valence-corrected chi connectivity index (χ2v) is 7.98. The number of carboxylic acid groups (broad SMARTS) is 1. The number of hydrogen-bond acceptors (Lipinski definition) is 14. The molecule has 3 heterocycles. The number of aliphatic hydroxyl groups is 7. The Morgan fingerprint density at radius 3 is 2.03 bits per heavy atom. The maximum atomic E-state index is 11.6. The fourth-order valence-corrected chi connectivity index (χ4v) is 3.97. The molecule has 3 rings (SSSR count). The number of ether oxygens (including phenoxy) is 6. The first kappa shape index (κ1) is 26.6. The normalized spacial score (nSPS) is 48.7. The largest absolute Gasteiger partial charge is 0.479 e. The van der Waals surface area contributed by atoms with Gasteiger partial charge in [-0.3, -0.25) is 0 Å². The summed E-state index contributed by atoms with van der Waals surface area (Å²) in [4.78, 5) is 11.6. The highest BCUT2D eigenvalue weighted by Gasteiger charge is 2.54. The highest BCUT2D eigenvalue weighted by molar-refractivity contribution is 5.73. The van der Waals surface area contributed by atoms with E-state index in [2.05, 4.69) is 0 Å². The quantitative estimate of drug-likeness (QED) is 0.160. The minimum atomic E-state index is -1.85. The van der Waals surface area contributed by atoms with Gasteiger partial charge in [0.25, 0.3) is 0 Å². The zero-order valence-corrected chi connectivity index (χ0v) is 17.6. The fraction of sp³-hybridized carbons (Fsp3) is 0.944. The summed E-state index contributed by atoms with van der Waals surface area (Å²) in [6.45, 7) is -1.24. The van der Waals surface area contributed by atoms with E-state index >= 15 is 0 Å². The predicted molar refractivity (Wildman–Crippen MR) is 99.2 cm³/mol. The van der Waals surface area contributed by atoms with Gasteiger partial charge in [0.1, 0.15) is 48.8 Å². The average Bonchev–Trinajstić information content (AvgIpc) is 3.15. The molecule has 13 atom stereocenters. The van der Waals surface area contributed by atoms with E-state index in [-0.39, 0.29) is 6.42 Å². The van der Waals surface area contributed by atoms with Gasteiger partial charge in [-0.05, 0) is 0 Å². The van der Waals surface area contributed by atoms with Crippen molar-refractivity contribution in [1.82, 2.24) is 0 Å². The number of methoxy groups -OCH3 is 1. The Morgan fingerprint density at radius 2 is 1.48 bits per heavy atom. The van der Waals surface area contributed by atoms with Crippen LogP contribution in [0.5, 0.6) is 0 Å². The first-order valence-electron chi connectivity index (χ1n) is 10.3. The van der Waals surface area contributed by atoms with Gasteiger partial charge in [-0.25, -0.2) is 4.79 Å². The predicted octanol–water partition coefficient (Wildman–Crippen LogP) is -5.16. The van der Waals surface area contributed by atoms with E-state index < -0.39 is 99.1 Å². The molecule has 15 nitrogen and oxygen atoms in total. The molecule has 0 radical (unpaired) electrons. The molecule has 33 heavy (non-hydrogen) atoms. The molecule has 0 aromatic rings. The molecule has 3 aliphatic heterocycles. The Labute approximate surface area is 187 Å². The lowest BCUT2D eigenvalue weighted by molar-refractivity contribution is -0.372. The number of aliphatic carboxylic acids is 1. The van der Waals surface area contributed by atoms with Crippen molar-refractivity contribution in [2.24, 2.45) is 0 Å². The zero-order chi connectivity index (χ0) is 24.4. The third-order valence-corrected chi connectivity index (χ3v) is 5.81. The Kier molecular flexibility index (Phi) is 8.95. The van der Waals surface area contributed by atoms with E-state index in [1.807, 2.05) is 0 Å². The smallest absolute Gasteiger partial charge is 0.335 e. The van der Waals surface area contributed by atoms with Gasteiger partial charge in [0.05, 0.1) is 19.3 Å². The van der Waals surface area contributed by atoms with E-state index in [4.69, 9.17) is 28.4 Å². The molecule has 192 valence electrons. The van der Waals surface area contributed by atoms with Crippen molar-refractivity contribution >= 4 is 5.97 Å². The third kappa shape index (κ3) is 5.46. The third-order valence-electron chi connectivity index (χ3n) is 5.81. The Hall–Kier alpha value is -1.05. The van der Waals surface area contributed by atoms with Crippen molar-refractivity contribution in [1.29, 1.82) is 0 Å². The van der Waals surface area contributed by atoms with E-state index in [0.717, 1.165) is 7.11 Å². The minimum absolute atomic E-state index is 0.114. The molecule has 0 aliphatic carbocycles. The molecular formula is C18H30O15. The van der Waals surface area contributed by atoms with Crippen LogP contribution in [0.25, 0.3) is 0 Å². The summed E-state index contributed by atoms with van der Waals surface area (Å²) in [6.07, 6.45) is -19.7. The lowest BCUT2D eigenvalue weighted by Gasteiger charge is -2.46. The second kappa shape index (κ2) is 11.1. The molecule has 0 amide bonds. The van der Waals surface area contributed by atoms with E-state index in [9.17, 15) is 45.6 Å². The Balaban J connectivity index is 1.84. The summed E-state index contributed by atoms with van der Waals surface area (Å²) in [6, 6.07) is 0. The van der Waals surface area contributed by atoms with Gasteiger partial charge in [0, 0.05) is 13.5 Å². The van der Waals surface area contributed by atoms with Crippen LogP contribution in [-0.2, 0) is 33.2 Å². The zero-order valence-electron chi connectivity index (χ0n) is 17.6. The van der Waals surface area contributed by atoms with Crippen LogP contribution >= 0.6 is 0 Å². The molecule has 3 fully saturated rings. The van der Waals surface area contributed by atoms with Gasteiger partial charge in [0.2, 0.25) is 0 Å². The monoisotopic (exact) mass is 486 g/mol. The second-order valence-electron chi connectivity index (χ2n) is 7.98. The first-order valence-corrected chi connectivity index (χ1v) is 10.3. The van der Waals surface area contributed by atoms with Gasteiger partial charge in [-0.15, -0.1) is 0 Å². The van der Waals surface area contributed by atoms with Crippen LogP contribution in [0.1, 0.15) is 6.42 Å². The molecule has 0 spiro atoms. The summed E-state index contributed by atoms with van der Waals surface area (Å²) in [7, 11) is 1.15. The summed E-state index contributed by atoms with van der Waals surface area (Å²) in [5.74, 6) is -1.54. The number of carboxylic acids is 1. The van der Waals surface area contributed by atoms with Crippen LogP contribution in [0.2, 0.25) is 0 Å². The number of hydrogen-bond donors (Lipinski definition) is 8. The average molecular weight is 486 g/mol. The van der Waals surface area contributed by atoms with Gasteiger partial charge < -0.3 is 69.3 Å². The van der Waals surface area contributed by atoms with Crippen molar-refractivity contribution in [3.05, 3.63) is 0 Å². The lowest BCUT2D eigenvalue weighted by Crippen LogP contribution is -2.66. The first-order chi connectivity index (χ1) is 15.6. The Morgan fingerprint density at radius 1 is 0.818 bits per heavy atom. The number of rotatable bonds is 8. The fourth-order valence-electron chi connectivity index (χ4n) is 3.97. The molecule has 0 saturated carbocycles. The maximum Gasteiger partial charge on any atom is 0.335 e. The van der Waals surface area contributed by atoms with Crippen LogP contribution in [0.15, 0.2) is 0 Å². The molecule has 0 aromatic heterocycles. The van der Waals surface area contributed by atoms with E-state index in [1.54, 1.807) is 0 Å². The summed E-state index contributed by atoms with van der Waals surface area (Å²) in [5.41, 5.74) is 0.